The molecule has 1 heterocycles. The van der Waals surface area contributed by atoms with Crippen molar-refractivity contribution in [2.75, 3.05) is 32.6 Å². The predicted octanol–water partition coefficient (Wildman–Crippen LogP) is 2.51. The molecule has 1 aromatic heterocycles. The Balaban J connectivity index is 2.19. The third kappa shape index (κ3) is 5.30. The van der Waals surface area contributed by atoms with Gasteiger partial charge in [-0.3, -0.25) is 4.79 Å². The molecule has 0 unspecified atom stereocenters. The summed E-state index contributed by atoms with van der Waals surface area (Å²) in [7, 11) is 3.20. The minimum atomic E-state index is -4.51. The molecule has 146 valence electrons. The summed E-state index contributed by atoms with van der Waals surface area (Å²) in [6, 6.07) is 4.66. The van der Waals surface area contributed by atoms with Crippen LogP contribution in [0.15, 0.2) is 24.4 Å². The van der Waals surface area contributed by atoms with Crippen molar-refractivity contribution in [1.29, 1.82) is 0 Å². The molecule has 0 saturated heterocycles. The maximum atomic E-state index is 12.8. The molecule has 0 fully saturated rings. The zero-order chi connectivity index (χ0) is 20.0. The molecule has 0 atom stereocenters. The second kappa shape index (κ2) is 8.67. The highest BCUT2D eigenvalue weighted by Gasteiger charge is 2.33. The van der Waals surface area contributed by atoms with E-state index in [0.29, 0.717) is 30.1 Å². The van der Waals surface area contributed by atoms with E-state index < -0.39 is 11.7 Å². The van der Waals surface area contributed by atoms with E-state index in [1.165, 1.54) is 20.1 Å². The van der Waals surface area contributed by atoms with Gasteiger partial charge in [0.15, 0.2) is 0 Å². The monoisotopic (exact) mass is 383 g/mol. The highest BCUT2D eigenvalue weighted by molar-refractivity contribution is 5.95. The van der Waals surface area contributed by atoms with E-state index in [9.17, 15) is 18.0 Å². The Morgan fingerprint density at radius 2 is 2.00 bits per heavy atom. The number of nitrogens with zero attached hydrogens (tertiary/aromatic N) is 2. The molecule has 0 spiro atoms. The SMILES string of the molecule is CNCCNC(=O)c1ccc(Nc2ncc(C(F)(F)F)c(C)n2)c(OC)c1. The smallest absolute Gasteiger partial charge is 0.419 e. The average molecular weight is 383 g/mol. The van der Waals surface area contributed by atoms with Gasteiger partial charge < -0.3 is 20.7 Å². The number of hydrogen-bond donors (Lipinski definition) is 3. The van der Waals surface area contributed by atoms with Gasteiger partial charge in [0.05, 0.1) is 24.1 Å². The number of rotatable bonds is 7. The Morgan fingerprint density at radius 1 is 1.26 bits per heavy atom. The van der Waals surface area contributed by atoms with Gasteiger partial charge >= 0.3 is 6.18 Å². The van der Waals surface area contributed by atoms with Crippen LogP contribution in [0.4, 0.5) is 24.8 Å². The highest BCUT2D eigenvalue weighted by Crippen LogP contribution is 2.32. The number of ether oxygens (including phenoxy) is 1. The first-order valence-corrected chi connectivity index (χ1v) is 8.05. The molecular weight excluding hydrogens is 363 g/mol. The van der Waals surface area contributed by atoms with Crippen LogP contribution < -0.4 is 20.7 Å². The number of likely N-dealkylation sites (N-methyl/N-ethyl adjacent to an activating group) is 1. The normalized spacial score (nSPS) is 11.2. The zero-order valence-corrected chi connectivity index (χ0v) is 15.1. The van der Waals surface area contributed by atoms with Gasteiger partial charge in [-0.2, -0.15) is 13.2 Å². The van der Waals surface area contributed by atoms with Gasteiger partial charge in [-0.1, -0.05) is 0 Å². The van der Waals surface area contributed by atoms with Gasteiger partial charge in [-0.25, -0.2) is 9.97 Å². The lowest BCUT2D eigenvalue weighted by atomic mass is 10.1. The fourth-order valence-corrected chi connectivity index (χ4v) is 2.26. The van der Waals surface area contributed by atoms with Gasteiger partial charge in [0, 0.05) is 24.8 Å². The van der Waals surface area contributed by atoms with Crippen LogP contribution in [0.3, 0.4) is 0 Å². The molecule has 0 saturated carbocycles. The molecule has 2 rings (SSSR count). The number of methoxy groups -OCH3 is 1. The molecule has 10 heteroatoms. The highest BCUT2D eigenvalue weighted by atomic mass is 19.4. The third-order valence-corrected chi connectivity index (χ3v) is 3.66. The molecule has 0 bridgehead atoms. The molecule has 2 aromatic rings. The summed E-state index contributed by atoms with van der Waals surface area (Å²) in [4.78, 5) is 19.6. The number of aromatic nitrogens is 2. The second-order valence-electron chi connectivity index (χ2n) is 5.59. The number of carbonyl (C=O) groups excluding carboxylic acids is 1. The van der Waals surface area contributed by atoms with E-state index in [2.05, 4.69) is 25.9 Å². The number of nitrogens with one attached hydrogen (secondary N) is 3. The molecule has 1 amide bonds. The van der Waals surface area contributed by atoms with E-state index >= 15 is 0 Å². The van der Waals surface area contributed by atoms with Gasteiger partial charge in [-0.15, -0.1) is 0 Å². The summed E-state index contributed by atoms with van der Waals surface area (Å²) in [5, 5.41) is 8.46. The van der Waals surface area contributed by atoms with Crippen LogP contribution in [0.2, 0.25) is 0 Å². The first-order chi connectivity index (χ1) is 12.8. The summed E-state index contributed by atoms with van der Waals surface area (Å²) in [5.74, 6) is 0.0548. The molecule has 3 N–H and O–H groups in total. The van der Waals surface area contributed by atoms with Crippen molar-refractivity contribution < 1.29 is 22.7 Å². The van der Waals surface area contributed by atoms with E-state index in [1.54, 1.807) is 19.2 Å². The number of aryl methyl sites for hydroxylation is 1. The summed E-state index contributed by atoms with van der Waals surface area (Å²) in [5.41, 5.74) is -0.283. The first kappa shape index (κ1) is 20.4. The van der Waals surface area contributed by atoms with Crippen LogP contribution in [0.5, 0.6) is 5.75 Å². The van der Waals surface area contributed by atoms with Gasteiger partial charge in [0.2, 0.25) is 5.95 Å². The number of halogens is 3. The topological polar surface area (TPSA) is 88.2 Å². The van der Waals surface area contributed by atoms with Crippen molar-refractivity contribution in [2.24, 2.45) is 0 Å². The van der Waals surface area contributed by atoms with Crippen LogP contribution in [0.1, 0.15) is 21.6 Å². The van der Waals surface area contributed by atoms with Crippen LogP contribution in [0, 0.1) is 6.92 Å². The van der Waals surface area contributed by atoms with Crippen molar-refractivity contribution in [3.05, 3.63) is 41.2 Å². The van der Waals surface area contributed by atoms with Crippen LogP contribution >= 0.6 is 0 Å². The fourth-order valence-electron chi connectivity index (χ4n) is 2.26. The Labute approximate surface area is 154 Å². The van der Waals surface area contributed by atoms with E-state index in [1.807, 2.05) is 0 Å². The standard InChI is InChI=1S/C17H20F3N5O2/c1-10-12(17(18,19)20)9-23-16(24-10)25-13-5-4-11(8-14(13)27-3)15(26)22-7-6-21-2/h4-5,8-9,21H,6-7H2,1-3H3,(H,22,26)(H,23,24,25). The number of amides is 1. The van der Waals surface area contributed by atoms with E-state index in [0.717, 1.165) is 6.20 Å². The summed E-state index contributed by atoms with van der Waals surface area (Å²) in [6.07, 6.45) is -3.79. The van der Waals surface area contributed by atoms with Gasteiger partial charge in [0.25, 0.3) is 5.91 Å². The maximum absolute atomic E-state index is 12.8. The fraction of sp³-hybridized carbons (Fsp3) is 0.353. The zero-order valence-electron chi connectivity index (χ0n) is 15.1. The molecule has 0 aliphatic carbocycles. The molecule has 7 nitrogen and oxygen atoms in total. The molecule has 0 aliphatic heterocycles. The second-order valence-corrected chi connectivity index (χ2v) is 5.59. The first-order valence-electron chi connectivity index (χ1n) is 8.05. The Bertz CT molecular complexity index is 812. The number of carbonyl (C=O) groups is 1. The van der Waals surface area contributed by atoms with E-state index in [-0.39, 0.29) is 17.5 Å². The average Bonchev–Trinajstić information content (AvgIpc) is 2.61. The Morgan fingerprint density at radius 3 is 2.59 bits per heavy atom. The largest absolute Gasteiger partial charge is 0.495 e. The third-order valence-electron chi connectivity index (χ3n) is 3.66. The number of hydrogen-bond acceptors (Lipinski definition) is 6. The summed E-state index contributed by atoms with van der Waals surface area (Å²) in [6.45, 7) is 2.36. The molecule has 0 aliphatic rings. The van der Waals surface area contributed by atoms with Crippen molar-refractivity contribution in [3.63, 3.8) is 0 Å². The quantitative estimate of drug-likeness (QED) is 0.637. The molecular formula is C17H20F3N5O2. The molecule has 27 heavy (non-hydrogen) atoms. The van der Waals surface area contributed by atoms with Gasteiger partial charge in [-0.05, 0) is 32.2 Å². The summed E-state index contributed by atoms with van der Waals surface area (Å²) >= 11 is 0. The molecule has 0 radical (unpaired) electrons. The number of alkyl halides is 3. The van der Waals surface area contributed by atoms with Crippen molar-refractivity contribution in [2.45, 2.75) is 13.1 Å². The van der Waals surface area contributed by atoms with Crippen molar-refractivity contribution in [1.82, 2.24) is 20.6 Å². The van der Waals surface area contributed by atoms with Crippen molar-refractivity contribution >= 4 is 17.5 Å². The number of benzene rings is 1. The molecule has 1 aromatic carbocycles. The summed E-state index contributed by atoms with van der Waals surface area (Å²) < 4.78 is 43.6. The van der Waals surface area contributed by atoms with Crippen LogP contribution in [-0.2, 0) is 6.18 Å². The number of anilines is 2. The van der Waals surface area contributed by atoms with Crippen molar-refractivity contribution in [3.8, 4) is 5.75 Å². The lowest BCUT2D eigenvalue weighted by Crippen LogP contribution is -2.30. The minimum Gasteiger partial charge on any atom is -0.495 e. The maximum Gasteiger partial charge on any atom is 0.419 e. The van der Waals surface area contributed by atoms with E-state index in [4.69, 9.17) is 4.74 Å². The predicted molar refractivity (Wildman–Crippen MR) is 94.3 cm³/mol. The van der Waals surface area contributed by atoms with Gasteiger partial charge in [0.1, 0.15) is 5.75 Å². The lowest BCUT2D eigenvalue weighted by molar-refractivity contribution is -0.138. The van der Waals surface area contributed by atoms with Crippen LogP contribution in [0.25, 0.3) is 0 Å². The Kier molecular flexibility index (Phi) is 6.56. The Hall–Kier alpha value is -2.88. The lowest BCUT2D eigenvalue weighted by Gasteiger charge is -2.14. The van der Waals surface area contributed by atoms with Crippen LogP contribution in [-0.4, -0.2) is 43.1 Å². The minimum absolute atomic E-state index is 0.00924.